The summed E-state index contributed by atoms with van der Waals surface area (Å²) in [6, 6.07) is 10.1. The highest BCUT2D eigenvalue weighted by Gasteiger charge is 2.08. The standard InChI is InChI=1S/C13H14N4O2/c1-10(11-5-3-2-4-6-11)7-14-13-15-8-12(9-16-13)17(18)19/h2-6,8-10H,7H2,1H3,(H,14,15,16). The van der Waals surface area contributed by atoms with Gasteiger partial charge in [-0.15, -0.1) is 0 Å². The van der Waals surface area contributed by atoms with Crippen LogP contribution >= 0.6 is 0 Å². The van der Waals surface area contributed by atoms with Crippen LogP contribution < -0.4 is 5.32 Å². The first-order valence-electron chi connectivity index (χ1n) is 5.92. The monoisotopic (exact) mass is 258 g/mol. The lowest BCUT2D eigenvalue weighted by molar-refractivity contribution is -0.385. The fourth-order valence-electron chi connectivity index (χ4n) is 1.65. The highest BCUT2D eigenvalue weighted by atomic mass is 16.6. The van der Waals surface area contributed by atoms with Crippen molar-refractivity contribution in [3.8, 4) is 0 Å². The van der Waals surface area contributed by atoms with E-state index in [1.807, 2.05) is 18.2 Å². The van der Waals surface area contributed by atoms with Crippen molar-refractivity contribution in [2.24, 2.45) is 0 Å². The van der Waals surface area contributed by atoms with Crippen LogP contribution in [0.15, 0.2) is 42.7 Å². The normalized spacial score (nSPS) is 11.8. The summed E-state index contributed by atoms with van der Waals surface area (Å²) in [6.45, 7) is 2.76. The predicted molar refractivity (Wildman–Crippen MR) is 72.0 cm³/mol. The molecule has 19 heavy (non-hydrogen) atoms. The summed E-state index contributed by atoms with van der Waals surface area (Å²) in [7, 11) is 0. The zero-order valence-electron chi connectivity index (χ0n) is 10.5. The van der Waals surface area contributed by atoms with Crippen molar-refractivity contribution >= 4 is 11.6 Å². The highest BCUT2D eigenvalue weighted by molar-refractivity contribution is 5.31. The Balaban J connectivity index is 1.93. The number of nitrogens with one attached hydrogen (secondary N) is 1. The molecule has 0 saturated heterocycles. The molecular weight excluding hydrogens is 244 g/mol. The zero-order valence-corrected chi connectivity index (χ0v) is 10.5. The molecule has 1 aromatic heterocycles. The van der Waals surface area contributed by atoms with Gasteiger partial charge in [-0.3, -0.25) is 10.1 Å². The molecule has 0 fully saturated rings. The third kappa shape index (κ3) is 3.48. The van der Waals surface area contributed by atoms with Gasteiger partial charge in [-0.2, -0.15) is 0 Å². The summed E-state index contributed by atoms with van der Waals surface area (Å²) in [6.07, 6.45) is 2.39. The molecule has 2 rings (SSSR count). The average Bonchev–Trinajstić information content (AvgIpc) is 2.46. The van der Waals surface area contributed by atoms with Gasteiger partial charge >= 0.3 is 5.69 Å². The summed E-state index contributed by atoms with van der Waals surface area (Å²) in [5.41, 5.74) is 1.11. The number of nitrogens with zero attached hydrogens (tertiary/aromatic N) is 3. The molecule has 2 aromatic rings. The minimum atomic E-state index is -0.517. The van der Waals surface area contributed by atoms with E-state index in [0.29, 0.717) is 18.4 Å². The van der Waals surface area contributed by atoms with E-state index < -0.39 is 4.92 Å². The van der Waals surface area contributed by atoms with Crippen molar-refractivity contribution < 1.29 is 4.92 Å². The molecule has 98 valence electrons. The molecule has 0 aliphatic rings. The third-order valence-corrected chi connectivity index (χ3v) is 2.78. The first-order valence-corrected chi connectivity index (χ1v) is 5.92. The molecule has 0 aliphatic heterocycles. The van der Waals surface area contributed by atoms with Crippen molar-refractivity contribution in [2.45, 2.75) is 12.8 Å². The van der Waals surface area contributed by atoms with E-state index in [9.17, 15) is 10.1 Å². The maximum Gasteiger partial charge on any atom is 0.305 e. The Hall–Kier alpha value is -2.50. The number of anilines is 1. The highest BCUT2D eigenvalue weighted by Crippen LogP contribution is 2.15. The molecule has 0 aliphatic carbocycles. The molecule has 6 nitrogen and oxygen atoms in total. The van der Waals surface area contributed by atoms with Crippen molar-refractivity contribution in [1.29, 1.82) is 0 Å². The van der Waals surface area contributed by atoms with Gasteiger partial charge in [0.1, 0.15) is 12.4 Å². The van der Waals surface area contributed by atoms with E-state index >= 15 is 0 Å². The Morgan fingerprint density at radius 3 is 2.47 bits per heavy atom. The minimum absolute atomic E-state index is 0.110. The van der Waals surface area contributed by atoms with Crippen LogP contribution in [0.4, 0.5) is 11.6 Å². The van der Waals surface area contributed by atoms with E-state index in [2.05, 4.69) is 34.3 Å². The topological polar surface area (TPSA) is 81.0 Å². The van der Waals surface area contributed by atoms with Gasteiger partial charge in [0, 0.05) is 6.54 Å². The van der Waals surface area contributed by atoms with Gasteiger partial charge in [0.2, 0.25) is 5.95 Å². The molecule has 1 N–H and O–H groups in total. The molecule has 0 saturated carbocycles. The van der Waals surface area contributed by atoms with Crippen molar-refractivity contribution in [3.63, 3.8) is 0 Å². The lowest BCUT2D eigenvalue weighted by Crippen LogP contribution is -2.11. The Kier molecular flexibility index (Phi) is 4.02. The number of benzene rings is 1. The fourth-order valence-corrected chi connectivity index (χ4v) is 1.65. The molecule has 1 heterocycles. The van der Waals surface area contributed by atoms with Crippen LogP contribution in [0.1, 0.15) is 18.4 Å². The van der Waals surface area contributed by atoms with E-state index in [4.69, 9.17) is 0 Å². The second-order valence-electron chi connectivity index (χ2n) is 4.21. The smallest absolute Gasteiger partial charge is 0.305 e. The molecule has 0 radical (unpaired) electrons. The molecule has 6 heteroatoms. The summed E-state index contributed by atoms with van der Waals surface area (Å²) in [5, 5.41) is 13.5. The summed E-state index contributed by atoms with van der Waals surface area (Å²) in [4.78, 5) is 17.8. The van der Waals surface area contributed by atoms with Gasteiger partial charge in [0.15, 0.2) is 0 Å². The molecule has 0 bridgehead atoms. The SMILES string of the molecule is CC(CNc1ncc([N+](=O)[O-])cn1)c1ccccc1. The number of nitro groups is 1. The van der Waals surface area contributed by atoms with Gasteiger partial charge < -0.3 is 5.32 Å². The van der Waals surface area contributed by atoms with Gasteiger partial charge in [-0.05, 0) is 11.5 Å². The van der Waals surface area contributed by atoms with E-state index in [0.717, 1.165) is 0 Å². The van der Waals surface area contributed by atoms with Crippen LogP contribution in [0.2, 0.25) is 0 Å². The Morgan fingerprint density at radius 1 is 1.26 bits per heavy atom. The van der Waals surface area contributed by atoms with Crippen molar-refractivity contribution in [1.82, 2.24) is 9.97 Å². The number of aromatic nitrogens is 2. The Bertz CT molecular complexity index is 542. The maximum atomic E-state index is 10.5. The lowest BCUT2D eigenvalue weighted by Gasteiger charge is -2.12. The summed E-state index contributed by atoms with van der Waals surface area (Å²) < 4.78 is 0. The van der Waals surface area contributed by atoms with Gasteiger partial charge in [0.25, 0.3) is 0 Å². The van der Waals surface area contributed by atoms with Crippen LogP contribution in [-0.2, 0) is 0 Å². The van der Waals surface area contributed by atoms with Gasteiger partial charge in [-0.1, -0.05) is 37.3 Å². The van der Waals surface area contributed by atoms with Gasteiger partial charge in [-0.25, -0.2) is 9.97 Å². The van der Waals surface area contributed by atoms with Gasteiger partial charge in [0.05, 0.1) is 4.92 Å². The predicted octanol–water partition coefficient (Wildman–Crippen LogP) is 2.60. The summed E-state index contributed by atoms with van der Waals surface area (Å²) >= 11 is 0. The fraction of sp³-hybridized carbons (Fsp3) is 0.231. The Morgan fingerprint density at radius 2 is 1.89 bits per heavy atom. The zero-order chi connectivity index (χ0) is 13.7. The van der Waals surface area contributed by atoms with Crippen LogP contribution in [0.3, 0.4) is 0 Å². The largest absolute Gasteiger partial charge is 0.354 e. The molecule has 1 unspecified atom stereocenters. The first-order chi connectivity index (χ1) is 9.16. The van der Waals surface area contributed by atoms with Crippen LogP contribution in [0.5, 0.6) is 0 Å². The molecule has 0 amide bonds. The molecule has 1 aromatic carbocycles. The maximum absolute atomic E-state index is 10.5. The van der Waals surface area contributed by atoms with Crippen LogP contribution in [-0.4, -0.2) is 21.4 Å². The number of hydrogen-bond acceptors (Lipinski definition) is 5. The first kappa shape index (κ1) is 12.9. The van der Waals surface area contributed by atoms with Crippen molar-refractivity contribution in [2.75, 3.05) is 11.9 Å². The second-order valence-corrected chi connectivity index (χ2v) is 4.21. The van der Waals surface area contributed by atoms with Crippen molar-refractivity contribution in [3.05, 3.63) is 58.4 Å². The number of hydrogen-bond donors (Lipinski definition) is 1. The van der Waals surface area contributed by atoms with E-state index in [-0.39, 0.29) is 5.69 Å². The number of rotatable bonds is 5. The van der Waals surface area contributed by atoms with Crippen LogP contribution in [0.25, 0.3) is 0 Å². The van der Waals surface area contributed by atoms with E-state index in [1.165, 1.54) is 18.0 Å². The van der Waals surface area contributed by atoms with Crippen LogP contribution in [0, 0.1) is 10.1 Å². The molecular formula is C13H14N4O2. The average molecular weight is 258 g/mol. The van der Waals surface area contributed by atoms with E-state index in [1.54, 1.807) is 0 Å². The quantitative estimate of drug-likeness (QED) is 0.658. The minimum Gasteiger partial charge on any atom is -0.354 e. The summed E-state index contributed by atoms with van der Waals surface area (Å²) in [5.74, 6) is 0.702. The Labute approximate surface area is 110 Å². The third-order valence-electron chi connectivity index (χ3n) is 2.78. The molecule has 0 spiro atoms. The molecule has 1 atom stereocenters. The lowest BCUT2D eigenvalue weighted by atomic mass is 10.0. The second kappa shape index (κ2) is 5.90.